The molecule has 0 fully saturated rings. The van der Waals surface area contributed by atoms with Crippen LogP contribution in [0, 0.1) is 0 Å². The second-order valence-electron chi connectivity index (χ2n) is 4.49. The lowest BCUT2D eigenvalue weighted by Gasteiger charge is -2.17. The van der Waals surface area contributed by atoms with Crippen molar-refractivity contribution in [2.24, 2.45) is 0 Å². The quantitative estimate of drug-likeness (QED) is 0.893. The molecule has 2 rings (SSSR count). The van der Waals surface area contributed by atoms with E-state index in [0.717, 1.165) is 5.69 Å². The molecule has 1 heterocycles. The first-order valence-corrected chi connectivity index (χ1v) is 6.51. The Labute approximate surface area is 121 Å². The molecule has 0 radical (unpaired) electrons. The van der Waals surface area contributed by atoms with Crippen LogP contribution in [-0.2, 0) is 17.8 Å². The fourth-order valence-corrected chi connectivity index (χ4v) is 2.01. The molecule has 0 spiro atoms. The molecule has 1 amide bonds. The molecule has 21 heavy (non-hydrogen) atoms. The molecule has 1 aromatic carbocycles. The second kappa shape index (κ2) is 6.17. The lowest BCUT2D eigenvalue weighted by molar-refractivity contribution is -0.119. The fraction of sp³-hybridized carbons (Fsp3) is 0.286. The van der Waals surface area contributed by atoms with Gasteiger partial charge in [0.25, 0.3) is 0 Å². The van der Waals surface area contributed by atoms with Crippen LogP contribution in [0.5, 0.6) is 0 Å². The van der Waals surface area contributed by atoms with Gasteiger partial charge in [-0.25, -0.2) is 9.48 Å². The zero-order valence-electron chi connectivity index (χ0n) is 11.9. The number of hydrogen-bond acceptors (Lipinski definition) is 4. The predicted molar refractivity (Wildman–Crippen MR) is 76.2 cm³/mol. The zero-order chi connectivity index (χ0) is 15.4. The first-order chi connectivity index (χ1) is 10.0. The van der Waals surface area contributed by atoms with E-state index in [4.69, 9.17) is 5.11 Å². The van der Waals surface area contributed by atoms with E-state index in [-0.39, 0.29) is 18.1 Å². The molecule has 0 aliphatic heterocycles. The number of anilines is 1. The first-order valence-electron chi connectivity index (χ1n) is 6.51. The van der Waals surface area contributed by atoms with Crippen molar-refractivity contribution in [1.29, 1.82) is 0 Å². The van der Waals surface area contributed by atoms with Gasteiger partial charge in [-0.15, -0.1) is 5.10 Å². The van der Waals surface area contributed by atoms with Gasteiger partial charge in [-0.05, 0) is 18.6 Å². The van der Waals surface area contributed by atoms with E-state index < -0.39 is 5.97 Å². The van der Waals surface area contributed by atoms with Crippen LogP contribution in [-0.4, -0.2) is 39.0 Å². The molecule has 0 unspecified atom stereocenters. The van der Waals surface area contributed by atoms with Crippen LogP contribution in [0.2, 0.25) is 0 Å². The lowest BCUT2D eigenvalue weighted by Crippen LogP contribution is -2.31. The van der Waals surface area contributed by atoms with Crippen LogP contribution >= 0.6 is 0 Å². The van der Waals surface area contributed by atoms with Crippen molar-refractivity contribution in [2.45, 2.75) is 19.9 Å². The largest absolute Gasteiger partial charge is 0.476 e. The van der Waals surface area contributed by atoms with E-state index in [1.807, 2.05) is 30.3 Å². The van der Waals surface area contributed by atoms with E-state index in [0.29, 0.717) is 12.1 Å². The lowest BCUT2D eigenvalue weighted by atomic mass is 10.2. The Morgan fingerprint density at radius 2 is 1.95 bits per heavy atom. The van der Waals surface area contributed by atoms with Gasteiger partial charge in [-0.3, -0.25) is 4.79 Å². The number of nitrogens with zero attached hydrogens (tertiary/aromatic N) is 4. The number of benzene rings is 1. The molecular formula is C14H16N4O3. The highest BCUT2D eigenvalue weighted by Crippen LogP contribution is 2.13. The third kappa shape index (κ3) is 3.07. The van der Waals surface area contributed by atoms with E-state index >= 15 is 0 Å². The Kier molecular flexibility index (Phi) is 4.32. The van der Waals surface area contributed by atoms with Crippen molar-refractivity contribution < 1.29 is 14.7 Å². The Hall–Kier alpha value is -2.70. The topological polar surface area (TPSA) is 88.3 Å². The molecule has 7 nitrogen and oxygen atoms in total. The molecule has 0 aliphatic rings. The molecule has 0 bridgehead atoms. The van der Waals surface area contributed by atoms with Gasteiger partial charge >= 0.3 is 5.97 Å². The highest BCUT2D eigenvalue weighted by Gasteiger charge is 2.20. The summed E-state index contributed by atoms with van der Waals surface area (Å²) < 4.78 is 1.34. The molecule has 0 saturated heterocycles. The molecule has 0 atom stereocenters. The second-order valence-corrected chi connectivity index (χ2v) is 4.49. The van der Waals surface area contributed by atoms with Crippen molar-refractivity contribution in [3.63, 3.8) is 0 Å². The number of amides is 1. The Morgan fingerprint density at radius 3 is 2.52 bits per heavy atom. The molecule has 0 saturated carbocycles. The highest BCUT2D eigenvalue weighted by atomic mass is 16.4. The van der Waals surface area contributed by atoms with Gasteiger partial charge in [-0.1, -0.05) is 30.3 Å². The first kappa shape index (κ1) is 14.7. The Balaban J connectivity index is 2.18. The van der Waals surface area contributed by atoms with Crippen LogP contribution in [0.15, 0.2) is 30.3 Å². The number of para-hydroxylation sites is 1. The van der Waals surface area contributed by atoms with Crippen LogP contribution in [0.1, 0.15) is 23.1 Å². The Morgan fingerprint density at radius 1 is 1.29 bits per heavy atom. The number of likely N-dealkylation sites (N-methyl/N-ethyl adjacent to an activating group) is 1. The summed E-state index contributed by atoms with van der Waals surface area (Å²) in [7, 11) is 1.67. The summed E-state index contributed by atoms with van der Waals surface area (Å²) in [4.78, 5) is 24.8. The molecule has 7 heteroatoms. The third-order valence-electron chi connectivity index (χ3n) is 3.18. The van der Waals surface area contributed by atoms with Crippen LogP contribution < -0.4 is 4.90 Å². The summed E-state index contributed by atoms with van der Waals surface area (Å²) in [5.41, 5.74) is 1.10. The highest BCUT2D eigenvalue weighted by molar-refractivity contribution is 5.92. The summed E-state index contributed by atoms with van der Waals surface area (Å²) in [5, 5.41) is 16.4. The molecule has 110 valence electrons. The maximum atomic E-state index is 12.3. The number of hydrogen-bond donors (Lipinski definition) is 1. The fourth-order valence-electron chi connectivity index (χ4n) is 2.01. The van der Waals surface area contributed by atoms with Gasteiger partial charge in [-0.2, -0.15) is 0 Å². The number of aromatic carboxylic acids is 1. The van der Waals surface area contributed by atoms with Crippen molar-refractivity contribution in [3.8, 4) is 0 Å². The van der Waals surface area contributed by atoms with Gasteiger partial charge in [0.2, 0.25) is 5.91 Å². The normalized spacial score (nSPS) is 10.4. The smallest absolute Gasteiger partial charge is 0.358 e. The summed E-state index contributed by atoms with van der Waals surface area (Å²) in [6.07, 6.45) is 0.441. The molecule has 0 aliphatic carbocycles. The summed E-state index contributed by atoms with van der Waals surface area (Å²) >= 11 is 0. The van der Waals surface area contributed by atoms with Crippen LogP contribution in [0.4, 0.5) is 5.69 Å². The summed E-state index contributed by atoms with van der Waals surface area (Å²) in [6.45, 7) is 1.75. The number of carbonyl (C=O) groups excluding carboxylic acids is 1. The van der Waals surface area contributed by atoms with Gasteiger partial charge in [0.05, 0.1) is 5.69 Å². The summed E-state index contributed by atoms with van der Waals surface area (Å²) in [6, 6.07) is 9.20. The van der Waals surface area contributed by atoms with Crippen molar-refractivity contribution >= 4 is 17.6 Å². The SMILES string of the molecule is CCc1c(C(=O)O)nnn1CC(=O)N(C)c1ccccc1. The zero-order valence-corrected chi connectivity index (χ0v) is 11.9. The van der Waals surface area contributed by atoms with E-state index in [2.05, 4.69) is 10.3 Å². The van der Waals surface area contributed by atoms with Crippen molar-refractivity contribution in [1.82, 2.24) is 15.0 Å². The summed E-state index contributed by atoms with van der Waals surface area (Å²) in [5.74, 6) is -1.33. The van der Waals surface area contributed by atoms with Gasteiger partial charge in [0.1, 0.15) is 6.54 Å². The molecule has 1 N–H and O–H groups in total. The van der Waals surface area contributed by atoms with E-state index in [9.17, 15) is 9.59 Å². The van der Waals surface area contributed by atoms with E-state index in [1.165, 1.54) is 9.58 Å². The van der Waals surface area contributed by atoms with Crippen LogP contribution in [0.3, 0.4) is 0 Å². The monoisotopic (exact) mass is 288 g/mol. The minimum atomic E-state index is -1.14. The maximum absolute atomic E-state index is 12.3. The maximum Gasteiger partial charge on any atom is 0.358 e. The van der Waals surface area contributed by atoms with E-state index in [1.54, 1.807) is 14.0 Å². The predicted octanol–water partition coefficient (Wildman–Crippen LogP) is 1.20. The molecular weight excluding hydrogens is 272 g/mol. The minimum Gasteiger partial charge on any atom is -0.476 e. The average Bonchev–Trinajstić information content (AvgIpc) is 2.90. The number of rotatable bonds is 5. The van der Waals surface area contributed by atoms with Gasteiger partial charge in [0.15, 0.2) is 5.69 Å². The minimum absolute atomic E-state index is 0.0468. The van der Waals surface area contributed by atoms with Crippen LogP contribution in [0.25, 0.3) is 0 Å². The number of carbonyl (C=O) groups is 2. The molecule has 2 aromatic rings. The number of carboxylic acids is 1. The average molecular weight is 288 g/mol. The third-order valence-corrected chi connectivity index (χ3v) is 3.18. The standard InChI is InChI=1S/C14H16N4O3/c1-3-11-13(14(20)21)15-16-18(11)9-12(19)17(2)10-7-5-4-6-8-10/h4-8H,3,9H2,1-2H3,(H,20,21). The Bertz CT molecular complexity index is 651. The van der Waals surface area contributed by atoms with Gasteiger partial charge < -0.3 is 10.0 Å². The van der Waals surface area contributed by atoms with Gasteiger partial charge in [0, 0.05) is 12.7 Å². The number of aromatic nitrogens is 3. The number of carboxylic acid groups (broad SMARTS) is 1. The van der Waals surface area contributed by atoms with Crippen molar-refractivity contribution in [2.75, 3.05) is 11.9 Å². The molecule has 1 aromatic heterocycles. The van der Waals surface area contributed by atoms with Crippen molar-refractivity contribution in [3.05, 3.63) is 41.7 Å².